The van der Waals surface area contributed by atoms with Crippen LogP contribution in [0, 0.1) is 0 Å². The lowest BCUT2D eigenvalue weighted by molar-refractivity contribution is -0.139. The van der Waals surface area contributed by atoms with Crippen LogP contribution in [0.25, 0.3) is 0 Å². The first kappa shape index (κ1) is 15.0. The topological polar surface area (TPSA) is 59.0 Å². The highest BCUT2D eigenvalue weighted by molar-refractivity contribution is 5.72. The molecule has 1 aromatic rings. The molecular formula is C15H21NO4. The molecule has 1 aliphatic rings. The fourth-order valence-corrected chi connectivity index (χ4v) is 2.40. The van der Waals surface area contributed by atoms with E-state index in [1.807, 2.05) is 24.3 Å². The van der Waals surface area contributed by atoms with E-state index in [-0.39, 0.29) is 25.0 Å². The molecule has 1 atom stereocenters. The van der Waals surface area contributed by atoms with Crippen LogP contribution in [-0.2, 0) is 27.2 Å². The van der Waals surface area contributed by atoms with E-state index in [1.54, 1.807) is 0 Å². The zero-order chi connectivity index (χ0) is 14.4. The van der Waals surface area contributed by atoms with Gasteiger partial charge in [0, 0.05) is 13.1 Å². The third-order valence-electron chi connectivity index (χ3n) is 3.61. The van der Waals surface area contributed by atoms with Gasteiger partial charge in [-0.1, -0.05) is 24.3 Å². The van der Waals surface area contributed by atoms with Gasteiger partial charge in [-0.2, -0.15) is 0 Å². The van der Waals surface area contributed by atoms with Crippen molar-refractivity contribution < 1.29 is 19.4 Å². The van der Waals surface area contributed by atoms with Crippen LogP contribution in [0.4, 0.5) is 0 Å². The maximum atomic E-state index is 11.5. The number of aliphatic hydroxyl groups is 1. The van der Waals surface area contributed by atoms with E-state index in [0.29, 0.717) is 19.8 Å². The molecule has 5 heteroatoms. The van der Waals surface area contributed by atoms with E-state index >= 15 is 0 Å². The summed E-state index contributed by atoms with van der Waals surface area (Å²) in [6.45, 7) is 2.81. The number of carbonyl (C=O) groups excluding carboxylic acids is 1. The molecule has 0 bridgehead atoms. The molecule has 1 heterocycles. The molecule has 0 radical (unpaired) electrons. The first-order chi connectivity index (χ1) is 9.74. The van der Waals surface area contributed by atoms with Crippen LogP contribution in [0.1, 0.15) is 11.1 Å². The number of methoxy groups -OCH3 is 1. The molecule has 110 valence electrons. The highest BCUT2D eigenvalue weighted by Gasteiger charge is 2.23. The summed E-state index contributed by atoms with van der Waals surface area (Å²) in [6.07, 6.45) is 0.279. The maximum Gasteiger partial charge on any atom is 0.309 e. The summed E-state index contributed by atoms with van der Waals surface area (Å²) in [6, 6.07) is 7.87. The third kappa shape index (κ3) is 3.79. The molecule has 0 amide bonds. The van der Waals surface area contributed by atoms with Gasteiger partial charge < -0.3 is 14.6 Å². The lowest BCUT2D eigenvalue weighted by Gasteiger charge is -2.34. The Bertz CT molecular complexity index is 449. The highest BCUT2D eigenvalue weighted by Crippen LogP contribution is 2.16. The van der Waals surface area contributed by atoms with Gasteiger partial charge in [0.2, 0.25) is 0 Å². The van der Waals surface area contributed by atoms with Crippen LogP contribution >= 0.6 is 0 Å². The number of nitrogens with zero attached hydrogens (tertiary/aromatic N) is 1. The summed E-state index contributed by atoms with van der Waals surface area (Å²) in [5, 5.41) is 9.40. The first-order valence-corrected chi connectivity index (χ1v) is 6.81. The van der Waals surface area contributed by atoms with Gasteiger partial charge in [-0.25, -0.2) is 0 Å². The Kier molecular flexibility index (Phi) is 5.52. The number of hydrogen-bond donors (Lipinski definition) is 1. The molecule has 0 spiro atoms. The molecule has 5 nitrogen and oxygen atoms in total. The maximum absolute atomic E-state index is 11.5. The minimum absolute atomic E-state index is 0.0231. The van der Waals surface area contributed by atoms with Crippen molar-refractivity contribution in [1.82, 2.24) is 4.90 Å². The minimum Gasteiger partial charge on any atom is -0.469 e. The molecule has 0 aromatic heterocycles. The van der Waals surface area contributed by atoms with E-state index in [9.17, 15) is 9.90 Å². The summed E-state index contributed by atoms with van der Waals surface area (Å²) in [7, 11) is 1.40. The third-order valence-corrected chi connectivity index (χ3v) is 3.61. The predicted octanol–water partition coefficient (Wildman–Crippen LogP) is 0.595. The van der Waals surface area contributed by atoms with Gasteiger partial charge in [-0.05, 0) is 11.1 Å². The minimum atomic E-state index is -0.238. The number of hydrogen-bond acceptors (Lipinski definition) is 5. The molecule has 0 saturated carbocycles. The fraction of sp³-hybridized carbons (Fsp3) is 0.533. The Balaban J connectivity index is 2.09. The summed E-state index contributed by atoms with van der Waals surface area (Å²) in [4.78, 5) is 13.6. The van der Waals surface area contributed by atoms with Crippen LogP contribution < -0.4 is 0 Å². The number of morpholine rings is 1. The number of aliphatic hydroxyl groups excluding tert-OH is 1. The molecule has 1 fully saturated rings. The number of rotatable bonds is 5. The lowest BCUT2D eigenvalue weighted by atomic mass is 10.0. The van der Waals surface area contributed by atoms with Gasteiger partial charge in [-0.3, -0.25) is 9.69 Å². The molecule has 1 saturated heterocycles. The van der Waals surface area contributed by atoms with Gasteiger partial charge in [0.1, 0.15) is 0 Å². The molecule has 1 aliphatic heterocycles. The van der Waals surface area contributed by atoms with Crippen molar-refractivity contribution in [2.45, 2.75) is 19.0 Å². The Hall–Kier alpha value is -1.43. The van der Waals surface area contributed by atoms with Crippen LogP contribution in [0.2, 0.25) is 0 Å². The number of carbonyl (C=O) groups is 1. The average molecular weight is 279 g/mol. The van der Waals surface area contributed by atoms with E-state index in [1.165, 1.54) is 7.11 Å². The van der Waals surface area contributed by atoms with Crippen LogP contribution in [0.5, 0.6) is 0 Å². The Morgan fingerprint density at radius 2 is 2.20 bits per heavy atom. The Morgan fingerprint density at radius 3 is 2.90 bits per heavy atom. The highest BCUT2D eigenvalue weighted by atomic mass is 16.5. The van der Waals surface area contributed by atoms with Crippen molar-refractivity contribution in [3.05, 3.63) is 35.4 Å². The number of ether oxygens (including phenoxy) is 2. The van der Waals surface area contributed by atoms with E-state index < -0.39 is 0 Å². The molecule has 0 aliphatic carbocycles. The molecule has 1 aromatic carbocycles. The Morgan fingerprint density at radius 1 is 1.45 bits per heavy atom. The molecule has 1 unspecified atom stereocenters. The van der Waals surface area contributed by atoms with Crippen molar-refractivity contribution in [3.63, 3.8) is 0 Å². The summed E-state index contributed by atoms with van der Waals surface area (Å²) in [5.74, 6) is -0.238. The summed E-state index contributed by atoms with van der Waals surface area (Å²) in [5.41, 5.74) is 2.07. The van der Waals surface area contributed by atoms with E-state index in [4.69, 9.17) is 9.47 Å². The SMILES string of the molecule is COC(=O)Cc1ccccc1CN1CCOCC1CO. The van der Waals surface area contributed by atoms with Crippen molar-refractivity contribution in [2.75, 3.05) is 33.5 Å². The van der Waals surface area contributed by atoms with Crippen molar-refractivity contribution in [3.8, 4) is 0 Å². The van der Waals surface area contributed by atoms with Gasteiger partial charge in [0.05, 0.1) is 39.4 Å². The second-order valence-electron chi connectivity index (χ2n) is 4.90. The van der Waals surface area contributed by atoms with Crippen LogP contribution in [-0.4, -0.2) is 55.5 Å². The summed E-state index contributed by atoms with van der Waals surface area (Å²) < 4.78 is 10.1. The Labute approximate surface area is 119 Å². The zero-order valence-electron chi connectivity index (χ0n) is 11.7. The smallest absolute Gasteiger partial charge is 0.309 e. The van der Waals surface area contributed by atoms with Gasteiger partial charge in [0.15, 0.2) is 0 Å². The van der Waals surface area contributed by atoms with Crippen molar-refractivity contribution >= 4 is 5.97 Å². The monoisotopic (exact) mass is 279 g/mol. The number of benzene rings is 1. The van der Waals surface area contributed by atoms with Crippen LogP contribution in [0.3, 0.4) is 0 Å². The summed E-state index contributed by atoms with van der Waals surface area (Å²) >= 11 is 0. The quantitative estimate of drug-likeness (QED) is 0.800. The molecule has 20 heavy (non-hydrogen) atoms. The van der Waals surface area contributed by atoms with Gasteiger partial charge in [0.25, 0.3) is 0 Å². The molecule has 2 rings (SSSR count). The van der Waals surface area contributed by atoms with Crippen molar-refractivity contribution in [2.24, 2.45) is 0 Å². The van der Waals surface area contributed by atoms with Crippen LogP contribution in [0.15, 0.2) is 24.3 Å². The second-order valence-corrected chi connectivity index (χ2v) is 4.90. The number of esters is 1. The average Bonchev–Trinajstić information content (AvgIpc) is 2.49. The van der Waals surface area contributed by atoms with Gasteiger partial charge in [-0.15, -0.1) is 0 Å². The molecular weight excluding hydrogens is 258 g/mol. The standard InChI is InChI=1S/C15H21NO4/c1-19-15(18)8-12-4-2-3-5-13(12)9-16-6-7-20-11-14(16)10-17/h2-5,14,17H,6-11H2,1H3. The van der Waals surface area contributed by atoms with Crippen molar-refractivity contribution in [1.29, 1.82) is 0 Å². The predicted molar refractivity (Wildman–Crippen MR) is 74.3 cm³/mol. The first-order valence-electron chi connectivity index (χ1n) is 6.81. The van der Waals surface area contributed by atoms with E-state index in [2.05, 4.69) is 4.90 Å². The fourth-order valence-electron chi connectivity index (χ4n) is 2.40. The van der Waals surface area contributed by atoms with Gasteiger partial charge >= 0.3 is 5.97 Å². The zero-order valence-corrected chi connectivity index (χ0v) is 11.7. The largest absolute Gasteiger partial charge is 0.469 e. The normalized spacial score (nSPS) is 19.8. The lowest BCUT2D eigenvalue weighted by Crippen LogP contribution is -2.47. The molecule has 1 N–H and O–H groups in total. The van der Waals surface area contributed by atoms with E-state index in [0.717, 1.165) is 17.7 Å². The second kappa shape index (κ2) is 7.38.